The van der Waals surface area contributed by atoms with Gasteiger partial charge in [-0.3, -0.25) is 4.79 Å². The molecule has 1 N–H and O–H groups in total. The first kappa shape index (κ1) is 35.4. The van der Waals surface area contributed by atoms with Crippen LogP contribution < -0.4 is 10.2 Å². The van der Waals surface area contributed by atoms with E-state index in [-0.39, 0.29) is 6.04 Å². The van der Waals surface area contributed by atoms with E-state index in [0.717, 1.165) is 44.3 Å². The van der Waals surface area contributed by atoms with Gasteiger partial charge in [-0.05, 0) is 36.5 Å². The van der Waals surface area contributed by atoms with Gasteiger partial charge >= 0.3 is 0 Å². The molecule has 0 amide bonds. The summed E-state index contributed by atoms with van der Waals surface area (Å²) in [5, 5.41) is 3.60. The molecule has 3 nitrogen and oxygen atoms in total. The van der Waals surface area contributed by atoms with Gasteiger partial charge in [0.05, 0.1) is 6.04 Å². The van der Waals surface area contributed by atoms with Crippen LogP contribution in [0.25, 0.3) is 0 Å². The number of anilines is 1. The zero-order valence-electron chi connectivity index (χ0n) is 25.5. The molecule has 0 aliphatic carbocycles. The number of nitrogens with one attached hydrogen (secondary N) is 1. The van der Waals surface area contributed by atoms with Gasteiger partial charge in [-0.1, -0.05) is 141 Å². The Morgan fingerprint density at radius 1 is 0.868 bits per heavy atom. The monoisotopic (exact) mass is 520 g/mol. The summed E-state index contributed by atoms with van der Waals surface area (Å²) in [6.45, 7) is 17.2. The lowest BCUT2D eigenvalue weighted by Crippen LogP contribution is -2.37. The molecule has 2 aromatic rings. The van der Waals surface area contributed by atoms with E-state index in [2.05, 4.69) is 97.8 Å². The third-order valence-corrected chi connectivity index (χ3v) is 6.18. The van der Waals surface area contributed by atoms with Gasteiger partial charge in [0.2, 0.25) is 0 Å². The second-order valence-electron chi connectivity index (χ2n) is 8.89. The summed E-state index contributed by atoms with van der Waals surface area (Å²) in [4.78, 5) is 14.1. The average Bonchev–Trinajstić information content (AvgIpc) is 3.05. The SMILES string of the molecule is CC.CC.CCCC.CCCCCc1ccc(C=O)cc1N1CC/C=C\C=C/CNCC1c1ccccc1. The molecule has 0 saturated heterocycles. The standard InChI is InChI=1S/C27H34N2O.C4H10.2C2H6/c1-2-3-8-13-25-17-16-23(22-30)20-26(25)29-19-12-6-4-5-11-18-28-21-27(29)24-14-9-7-10-15-24;1-3-4-2;2*1-2/h4-7,9-11,14-17,20,22,27-28H,2-3,8,12-13,18-19,21H2,1H3;3-4H2,1-2H3;2*1-2H3/b6-4-,11-5-;;;. The number of allylic oxidation sites excluding steroid dienone is 2. The van der Waals surface area contributed by atoms with Gasteiger partial charge in [-0.2, -0.15) is 0 Å². The van der Waals surface area contributed by atoms with Crippen molar-refractivity contribution in [3.05, 3.63) is 89.5 Å². The molecule has 0 fully saturated rings. The molecule has 212 valence electrons. The van der Waals surface area contributed by atoms with Gasteiger partial charge in [0.15, 0.2) is 0 Å². The molecule has 2 aromatic carbocycles. The number of carbonyl (C=O) groups is 1. The number of hydrogen-bond acceptors (Lipinski definition) is 3. The first-order valence-corrected chi connectivity index (χ1v) is 15.2. The molecule has 3 heteroatoms. The number of hydrogen-bond donors (Lipinski definition) is 1. The van der Waals surface area contributed by atoms with Crippen LogP contribution in [-0.2, 0) is 6.42 Å². The van der Waals surface area contributed by atoms with Crippen LogP contribution in [0.5, 0.6) is 0 Å². The van der Waals surface area contributed by atoms with Crippen LogP contribution in [0.15, 0.2) is 72.8 Å². The van der Waals surface area contributed by atoms with Crippen molar-refractivity contribution in [1.82, 2.24) is 5.32 Å². The smallest absolute Gasteiger partial charge is 0.150 e. The van der Waals surface area contributed by atoms with Crippen LogP contribution in [0.4, 0.5) is 5.69 Å². The Morgan fingerprint density at radius 2 is 1.55 bits per heavy atom. The predicted molar refractivity (Wildman–Crippen MR) is 171 cm³/mol. The number of benzene rings is 2. The number of aryl methyl sites for hydroxylation is 1. The normalized spacial score (nSPS) is 16.6. The van der Waals surface area contributed by atoms with Gasteiger partial charge in [0.25, 0.3) is 0 Å². The zero-order chi connectivity index (χ0) is 28.4. The minimum absolute atomic E-state index is 0.206. The summed E-state index contributed by atoms with van der Waals surface area (Å²) in [5.74, 6) is 0. The van der Waals surface area contributed by atoms with Crippen LogP contribution in [0, 0.1) is 0 Å². The molecule has 1 unspecified atom stereocenters. The highest BCUT2D eigenvalue weighted by molar-refractivity contribution is 5.78. The maximum atomic E-state index is 11.6. The minimum atomic E-state index is 0.206. The van der Waals surface area contributed by atoms with E-state index in [1.807, 2.05) is 33.8 Å². The zero-order valence-corrected chi connectivity index (χ0v) is 25.5. The second-order valence-corrected chi connectivity index (χ2v) is 8.89. The maximum absolute atomic E-state index is 11.6. The second kappa shape index (κ2) is 24.7. The first-order valence-electron chi connectivity index (χ1n) is 15.2. The summed E-state index contributed by atoms with van der Waals surface area (Å²) >= 11 is 0. The number of aldehydes is 1. The van der Waals surface area contributed by atoms with Crippen LogP contribution in [0.3, 0.4) is 0 Å². The van der Waals surface area contributed by atoms with Crippen molar-refractivity contribution in [3.8, 4) is 0 Å². The summed E-state index contributed by atoms with van der Waals surface area (Å²) in [6, 6.07) is 17.1. The molecule has 3 rings (SSSR count). The van der Waals surface area contributed by atoms with E-state index in [4.69, 9.17) is 0 Å². The molecule has 38 heavy (non-hydrogen) atoms. The van der Waals surface area contributed by atoms with Gasteiger partial charge in [0, 0.05) is 30.9 Å². The third kappa shape index (κ3) is 13.8. The number of rotatable bonds is 8. The fourth-order valence-electron chi connectivity index (χ4n) is 4.06. The molecule has 0 radical (unpaired) electrons. The Balaban J connectivity index is 0.00000153. The van der Waals surface area contributed by atoms with Gasteiger partial charge in [-0.15, -0.1) is 0 Å². The molecule has 0 bridgehead atoms. The fraction of sp³-hybridized carbons (Fsp3) is 0.514. The third-order valence-electron chi connectivity index (χ3n) is 6.18. The molecule has 1 atom stereocenters. The lowest BCUT2D eigenvalue weighted by molar-refractivity contribution is 0.112. The fourth-order valence-corrected chi connectivity index (χ4v) is 4.06. The Labute approximate surface area is 235 Å². The predicted octanol–water partition coefficient (Wildman–Crippen LogP) is 9.74. The Morgan fingerprint density at radius 3 is 2.18 bits per heavy atom. The molecular weight excluding hydrogens is 464 g/mol. The quantitative estimate of drug-likeness (QED) is 0.278. The van der Waals surface area contributed by atoms with Crippen molar-refractivity contribution >= 4 is 12.0 Å². The van der Waals surface area contributed by atoms with Crippen LogP contribution in [0.2, 0.25) is 0 Å². The first-order chi connectivity index (χ1) is 18.7. The van der Waals surface area contributed by atoms with Crippen LogP contribution in [0.1, 0.15) is 115 Å². The molecule has 0 aromatic heterocycles. The highest BCUT2D eigenvalue weighted by atomic mass is 16.1. The highest BCUT2D eigenvalue weighted by Gasteiger charge is 2.23. The minimum Gasteiger partial charge on any atom is -0.363 e. The van der Waals surface area contributed by atoms with Crippen molar-refractivity contribution in [2.75, 3.05) is 24.5 Å². The molecule has 1 heterocycles. The molecule has 0 spiro atoms. The molecule has 1 aliphatic heterocycles. The maximum Gasteiger partial charge on any atom is 0.150 e. The van der Waals surface area contributed by atoms with E-state index in [0.29, 0.717) is 0 Å². The van der Waals surface area contributed by atoms with Crippen molar-refractivity contribution in [1.29, 1.82) is 0 Å². The summed E-state index contributed by atoms with van der Waals surface area (Å²) in [6.07, 6.45) is 17.9. The largest absolute Gasteiger partial charge is 0.363 e. The molecule has 1 aliphatic rings. The Hall–Kier alpha value is -2.65. The van der Waals surface area contributed by atoms with Crippen molar-refractivity contribution < 1.29 is 4.79 Å². The topological polar surface area (TPSA) is 32.3 Å². The van der Waals surface area contributed by atoms with Gasteiger partial charge in [0.1, 0.15) is 6.29 Å². The molecular formula is C35H56N2O. The summed E-state index contributed by atoms with van der Waals surface area (Å²) < 4.78 is 0. The van der Waals surface area contributed by atoms with Crippen LogP contribution >= 0.6 is 0 Å². The lowest BCUT2D eigenvalue weighted by atomic mass is 9.98. The van der Waals surface area contributed by atoms with E-state index >= 15 is 0 Å². The summed E-state index contributed by atoms with van der Waals surface area (Å²) in [7, 11) is 0. The number of unbranched alkanes of at least 4 members (excludes halogenated alkanes) is 3. The van der Waals surface area contributed by atoms with E-state index < -0.39 is 0 Å². The number of nitrogens with zero attached hydrogens (tertiary/aromatic N) is 1. The number of carbonyl (C=O) groups excluding carboxylic acids is 1. The van der Waals surface area contributed by atoms with E-state index in [1.54, 1.807) is 0 Å². The van der Waals surface area contributed by atoms with E-state index in [9.17, 15) is 4.79 Å². The van der Waals surface area contributed by atoms with Gasteiger partial charge in [-0.25, -0.2) is 0 Å². The lowest BCUT2D eigenvalue weighted by Gasteiger charge is -2.36. The van der Waals surface area contributed by atoms with Gasteiger partial charge < -0.3 is 10.2 Å². The Bertz CT molecular complexity index is 871. The molecule has 0 saturated carbocycles. The van der Waals surface area contributed by atoms with Crippen molar-refractivity contribution in [2.24, 2.45) is 0 Å². The highest BCUT2D eigenvalue weighted by Crippen LogP contribution is 2.32. The summed E-state index contributed by atoms with van der Waals surface area (Å²) in [5.41, 5.74) is 4.59. The average molecular weight is 521 g/mol. The van der Waals surface area contributed by atoms with Crippen molar-refractivity contribution in [2.45, 2.75) is 99.5 Å². The van der Waals surface area contributed by atoms with Crippen molar-refractivity contribution in [3.63, 3.8) is 0 Å². The van der Waals surface area contributed by atoms with Crippen LogP contribution in [-0.4, -0.2) is 25.9 Å². The Kier molecular flexibility index (Phi) is 23.0. The van der Waals surface area contributed by atoms with E-state index in [1.165, 1.54) is 48.9 Å².